The molecule has 3 heteroatoms. The van der Waals surface area contributed by atoms with Gasteiger partial charge in [0.1, 0.15) is 6.33 Å². The van der Waals surface area contributed by atoms with Crippen LogP contribution in [-0.2, 0) is 7.05 Å². The van der Waals surface area contributed by atoms with Gasteiger partial charge in [-0.2, -0.15) is 0 Å². The molecule has 0 radical (unpaired) electrons. The molecule has 0 aliphatic rings. The molecule has 0 saturated heterocycles. The quantitative estimate of drug-likeness (QED) is 0.650. The minimum Gasteiger partial charge on any atom is -0.349 e. The van der Waals surface area contributed by atoms with Gasteiger partial charge in [0.25, 0.3) is 0 Å². The van der Waals surface area contributed by atoms with Gasteiger partial charge in [-0.05, 0) is 13.8 Å². The maximum absolute atomic E-state index is 4.47. The molecule has 3 rings (SSSR count). The molecule has 0 aliphatic carbocycles. The summed E-state index contributed by atoms with van der Waals surface area (Å²) in [6, 6.07) is 10.3. The minimum absolute atomic E-state index is 1.02. The van der Waals surface area contributed by atoms with Crippen LogP contribution >= 0.6 is 0 Å². The van der Waals surface area contributed by atoms with E-state index in [1.807, 2.05) is 18.2 Å². The SMILES string of the molecule is Cc1c2ncnc(-c3ccccc3)c2c(C)n1C. The highest BCUT2D eigenvalue weighted by atomic mass is 15.0. The average Bonchev–Trinajstić information content (AvgIpc) is 2.65. The van der Waals surface area contributed by atoms with Gasteiger partial charge in [-0.3, -0.25) is 0 Å². The standard InChI is InChI=1S/C15H15N3/c1-10-13-14(11(2)18(10)3)16-9-17-15(13)12-7-5-4-6-8-12/h4-9H,1-3H3. The summed E-state index contributed by atoms with van der Waals surface area (Å²) in [6.45, 7) is 4.21. The summed E-state index contributed by atoms with van der Waals surface area (Å²) in [4.78, 5) is 8.88. The molecular weight excluding hydrogens is 222 g/mol. The Labute approximate surface area is 106 Å². The van der Waals surface area contributed by atoms with E-state index >= 15 is 0 Å². The van der Waals surface area contributed by atoms with Crippen LogP contribution in [0.15, 0.2) is 36.7 Å². The van der Waals surface area contributed by atoms with Crippen LogP contribution in [0.5, 0.6) is 0 Å². The van der Waals surface area contributed by atoms with E-state index in [1.54, 1.807) is 6.33 Å². The lowest BCUT2D eigenvalue weighted by molar-refractivity contribution is 0.850. The van der Waals surface area contributed by atoms with Crippen LogP contribution < -0.4 is 0 Å². The summed E-state index contributed by atoms with van der Waals surface area (Å²) >= 11 is 0. The van der Waals surface area contributed by atoms with Crippen molar-refractivity contribution in [1.29, 1.82) is 0 Å². The summed E-state index contributed by atoms with van der Waals surface area (Å²) in [5, 5.41) is 1.16. The first kappa shape index (κ1) is 11.0. The second-order valence-corrected chi connectivity index (χ2v) is 4.54. The van der Waals surface area contributed by atoms with Crippen molar-refractivity contribution in [1.82, 2.24) is 14.5 Å². The van der Waals surface area contributed by atoms with E-state index in [4.69, 9.17) is 0 Å². The molecule has 0 atom stereocenters. The van der Waals surface area contributed by atoms with E-state index < -0.39 is 0 Å². The fourth-order valence-electron chi connectivity index (χ4n) is 2.40. The lowest BCUT2D eigenvalue weighted by Crippen LogP contribution is -1.92. The molecule has 2 aromatic heterocycles. The molecule has 0 spiro atoms. The van der Waals surface area contributed by atoms with E-state index in [1.165, 1.54) is 11.4 Å². The number of benzene rings is 1. The van der Waals surface area contributed by atoms with Crippen molar-refractivity contribution in [3.8, 4) is 11.3 Å². The maximum atomic E-state index is 4.47. The van der Waals surface area contributed by atoms with Crippen molar-refractivity contribution in [3.63, 3.8) is 0 Å². The van der Waals surface area contributed by atoms with Gasteiger partial charge in [-0.25, -0.2) is 9.97 Å². The topological polar surface area (TPSA) is 30.7 Å². The van der Waals surface area contributed by atoms with Crippen LogP contribution in [0.3, 0.4) is 0 Å². The van der Waals surface area contributed by atoms with Crippen molar-refractivity contribution >= 4 is 10.9 Å². The molecular formula is C15H15N3. The van der Waals surface area contributed by atoms with E-state index in [-0.39, 0.29) is 0 Å². The van der Waals surface area contributed by atoms with Gasteiger partial charge in [0.05, 0.1) is 11.2 Å². The second kappa shape index (κ2) is 3.95. The number of fused-ring (bicyclic) bond motifs is 1. The van der Waals surface area contributed by atoms with Gasteiger partial charge >= 0.3 is 0 Å². The van der Waals surface area contributed by atoms with Crippen LogP contribution in [0.2, 0.25) is 0 Å². The van der Waals surface area contributed by atoms with E-state index in [2.05, 4.69) is 47.6 Å². The highest BCUT2D eigenvalue weighted by Crippen LogP contribution is 2.30. The molecule has 0 amide bonds. The molecule has 0 N–H and O–H groups in total. The number of hydrogen-bond acceptors (Lipinski definition) is 2. The number of nitrogens with zero attached hydrogens (tertiary/aromatic N) is 3. The number of hydrogen-bond donors (Lipinski definition) is 0. The maximum Gasteiger partial charge on any atom is 0.116 e. The van der Waals surface area contributed by atoms with Gasteiger partial charge in [0.2, 0.25) is 0 Å². The number of aromatic nitrogens is 3. The first-order chi connectivity index (χ1) is 8.70. The normalized spacial score (nSPS) is 11.1. The van der Waals surface area contributed by atoms with Gasteiger partial charge < -0.3 is 4.57 Å². The van der Waals surface area contributed by atoms with Crippen molar-refractivity contribution < 1.29 is 0 Å². The Morgan fingerprint density at radius 3 is 2.39 bits per heavy atom. The van der Waals surface area contributed by atoms with Crippen LogP contribution in [0.4, 0.5) is 0 Å². The van der Waals surface area contributed by atoms with Gasteiger partial charge in [0.15, 0.2) is 0 Å². The Kier molecular flexibility index (Phi) is 2.40. The second-order valence-electron chi connectivity index (χ2n) is 4.54. The molecule has 3 nitrogen and oxygen atoms in total. The zero-order chi connectivity index (χ0) is 12.7. The Morgan fingerprint density at radius 1 is 0.944 bits per heavy atom. The number of rotatable bonds is 1. The highest BCUT2D eigenvalue weighted by molar-refractivity contribution is 5.96. The monoisotopic (exact) mass is 237 g/mol. The largest absolute Gasteiger partial charge is 0.349 e. The smallest absolute Gasteiger partial charge is 0.116 e. The van der Waals surface area contributed by atoms with Gasteiger partial charge in [0, 0.05) is 29.4 Å². The van der Waals surface area contributed by atoms with Gasteiger partial charge in [-0.1, -0.05) is 30.3 Å². The lowest BCUT2D eigenvalue weighted by Gasteiger charge is -2.03. The van der Waals surface area contributed by atoms with E-state index in [0.29, 0.717) is 0 Å². The zero-order valence-electron chi connectivity index (χ0n) is 10.8. The summed E-state index contributed by atoms with van der Waals surface area (Å²) in [5.74, 6) is 0. The predicted octanol–water partition coefficient (Wildman–Crippen LogP) is 3.25. The van der Waals surface area contributed by atoms with Crippen LogP contribution in [0, 0.1) is 13.8 Å². The van der Waals surface area contributed by atoms with Crippen molar-refractivity contribution in [2.75, 3.05) is 0 Å². The molecule has 0 bridgehead atoms. The molecule has 0 saturated carbocycles. The molecule has 18 heavy (non-hydrogen) atoms. The molecule has 90 valence electrons. The third-order valence-corrected chi connectivity index (χ3v) is 3.61. The van der Waals surface area contributed by atoms with Crippen LogP contribution in [0.1, 0.15) is 11.4 Å². The summed E-state index contributed by atoms with van der Waals surface area (Å²) < 4.78 is 2.17. The molecule has 3 aromatic rings. The minimum atomic E-state index is 1.02. The molecule has 2 heterocycles. The predicted molar refractivity (Wildman–Crippen MR) is 73.4 cm³/mol. The third-order valence-electron chi connectivity index (χ3n) is 3.61. The third kappa shape index (κ3) is 1.44. The average molecular weight is 237 g/mol. The Morgan fingerprint density at radius 2 is 1.67 bits per heavy atom. The van der Waals surface area contributed by atoms with Crippen molar-refractivity contribution in [2.24, 2.45) is 7.05 Å². The first-order valence-corrected chi connectivity index (χ1v) is 6.02. The zero-order valence-corrected chi connectivity index (χ0v) is 10.8. The van der Waals surface area contributed by atoms with Gasteiger partial charge in [-0.15, -0.1) is 0 Å². The molecule has 1 aromatic carbocycles. The highest BCUT2D eigenvalue weighted by Gasteiger charge is 2.14. The Balaban J connectivity index is 2.41. The van der Waals surface area contributed by atoms with E-state index in [9.17, 15) is 0 Å². The molecule has 0 fully saturated rings. The summed E-state index contributed by atoms with van der Waals surface area (Å²) in [7, 11) is 2.07. The van der Waals surface area contributed by atoms with Crippen LogP contribution in [-0.4, -0.2) is 14.5 Å². The van der Waals surface area contributed by atoms with E-state index in [0.717, 1.165) is 22.2 Å². The van der Waals surface area contributed by atoms with Crippen molar-refractivity contribution in [3.05, 3.63) is 48.0 Å². The van der Waals surface area contributed by atoms with Crippen molar-refractivity contribution in [2.45, 2.75) is 13.8 Å². The van der Waals surface area contributed by atoms with Crippen LogP contribution in [0.25, 0.3) is 22.2 Å². The molecule has 0 unspecified atom stereocenters. The number of aryl methyl sites for hydroxylation is 2. The summed E-state index contributed by atoms with van der Waals surface area (Å²) in [6.07, 6.45) is 1.65. The first-order valence-electron chi connectivity index (χ1n) is 6.02. The Bertz CT molecular complexity index is 711. The summed E-state index contributed by atoms with van der Waals surface area (Å²) in [5.41, 5.74) is 5.59. The lowest BCUT2D eigenvalue weighted by atomic mass is 10.1. The fraction of sp³-hybridized carbons (Fsp3) is 0.200. The molecule has 0 aliphatic heterocycles. The fourth-order valence-corrected chi connectivity index (χ4v) is 2.40. The Hall–Kier alpha value is -2.16.